The molecule has 0 radical (unpaired) electrons. The molecule has 0 aliphatic heterocycles. The molecule has 0 spiro atoms. The van der Waals surface area contributed by atoms with Crippen LogP contribution in [0.15, 0.2) is 200 Å². The number of anilines is 3. The van der Waals surface area contributed by atoms with Crippen LogP contribution in [0.4, 0.5) is 17.1 Å². The van der Waals surface area contributed by atoms with E-state index in [-0.39, 0.29) is 0 Å². The second kappa shape index (κ2) is 13.1. The molecule has 0 saturated heterocycles. The predicted octanol–water partition coefficient (Wildman–Crippen LogP) is 16.0. The Kier molecular flexibility index (Phi) is 7.61. The average Bonchev–Trinajstić information content (AvgIpc) is 3.82. The molecule has 1 nitrogen and oxygen atoms in total. The van der Waals surface area contributed by atoms with Crippen molar-refractivity contribution < 1.29 is 0 Å². The van der Waals surface area contributed by atoms with Crippen LogP contribution in [-0.2, 0) is 0 Å². The summed E-state index contributed by atoms with van der Waals surface area (Å²) in [6.45, 7) is 0. The highest BCUT2D eigenvalue weighted by Crippen LogP contribution is 2.47. The van der Waals surface area contributed by atoms with Gasteiger partial charge >= 0.3 is 0 Å². The van der Waals surface area contributed by atoms with E-state index in [0.717, 1.165) is 17.1 Å². The van der Waals surface area contributed by atoms with Crippen LogP contribution in [0.1, 0.15) is 0 Å². The van der Waals surface area contributed by atoms with Gasteiger partial charge in [0.25, 0.3) is 0 Å². The highest BCUT2D eigenvalue weighted by molar-refractivity contribution is 7.26. The van der Waals surface area contributed by atoms with Gasteiger partial charge in [0.2, 0.25) is 0 Å². The minimum Gasteiger partial charge on any atom is -0.310 e. The van der Waals surface area contributed by atoms with Crippen LogP contribution in [0.5, 0.6) is 0 Å². The quantitative estimate of drug-likeness (QED) is 0.164. The molecule has 0 bridgehead atoms. The zero-order valence-electron chi connectivity index (χ0n) is 29.8. The van der Waals surface area contributed by atoms with E-state index < -0.39 is 0 Å². The Morgan fingerprint density at radius 1 is 0.309 bits per heavy atom. The summed E-state index contributed by atoms with van der Waals surface area (Å²) in [6, 6.07) is 73.6. The summed E-state index contributed by atoms with van der Waals surface area (Å²) in [5, 5.41) is 7.69. The molecule has 258 valence electrons. The van der Waals surface area contributed by atoms with Gasteiger partial charge in [-0.25, -0.2) is 0 Å². The van der Waals surface area contributed by atoms with E-state index in [9.17, 15) is 0 Å². The van der Waals surface area contributed by atoms with Gasteiger partial charge < -0.3 is 4.90 Å². The number of rotatable bonds is 6. The first-order valence-electron chi connectivity index (χ1n) is 18.7. The SMILES string of the molecule is c1ccc(-c2ccc(-c3cccc4ccccc34)cc2N(c2cccc(-c3cccc4c3sc3ccccc34)c2)c2ccc3sc4ccccc4c3c2)cc1. The van der Waals surface area contributed by atoms with Crippen LogP contribution in [0, 0.1) is 0 Å². The number of benzene rings is 9. The standard InChI is InChI=1S/C52H33NS2/c1-2-13-35(14-3-1)42-29-27-37(41-22-11-16-34-15-4-5-19-40(34)41)32-48(42)53(39-28-30-51-47(33-39)45-21-7-8-25-49(45)54-51)38-18-10-17-36(31-38)43-23-12-24-46-44-20-6-9-26-50(44)55-52(43)46/h1-33H. The second-order valence-electron chi connectivity index (χ2n) is 14.1. The molecule has 0 saturated carbocycles. The Labute approximate surface area is 327 Å². The van der Waals surface area contributed by atoms with Crippen molar-refractivity contribution in [2.24, 2.45) is 0 Å². The maximum atomic E-state index is 2.48. The van der Waals surface area contributed by atoms with Crippen molar-refractivity contribution in [1.82, 2.24) is 0 Å². The summed E-state index contributed by atoms with van der Waals surface area (Å²) in [7, 11) is 0. The highest BCUT2D eigenvalue weighted by atomic mass is 32.1. The second-order valence-corrected chi connectivity index (χ2v) is 16.2. The fourth-order valence-corrected chi connectivity index (χ4v) is 10.6. The smallest absolute Gasteiger partial charge is 0.0546 e. The molecule has 0 atom stereocenters. The molecule has 0 aliphatic rings. The van der Waals surface area contributed by atoms with E-state index in [1.54, 1.807) is 0 Å². The molecule has 2 heterocycles. The molecule has 2 aromatic heterocycles. The Morgan fingerprint density at radius 3 is 1.78 bits per heavy atom. The van der Waals surface area contributed by atoms with Crippen LogP contribution in [0.25, 0.3) is 84.5 Å². The van der Waals surface area contributed by atoms with Gasteiger partial charge in [0.1, 0.15) is 0 Å². The van der Waals surface area contributed by atoms with E-state index in [1.165, 1.54) is 84.5 Å². The van der Waals surface area contributed by atoms with Gasteiger partial charge in [-0.15, -0.1) is 22.7 Å². The lowest BCUT2D eigenvalue weighted by Gasteiger charge is -2.29. The van der Waals surface area contributed by atoms with Crippen LogP contribution in [-0.4, -0.2) is 0 Å². The van der Waals surface area contributed by atoms with Gasteiger partial charge in [0.15, 0.2) is 0 Å². The largest absolute Gasteiger partial charge is 0.310 e. The van der Waals surface area contributed by atoms with E-state index in [4.69, 9.17) is 0 Å². The van der Waals surface area contributed by atoms with Gasteiger partial charge in [0.05, 0.1) is 5.69 Å². The molecule has 3 heteroatoms. The van der Waals surface area contributed by atoms with Crippen molar-refractivity contribution in [2.45, 2.75) is 0 Å². The Balaban J connectivity index is 1.18. The minimum atomic E-state index is 1.11. The van der Waals surface area contributed by atoms with Crippen LogP contribution >= 0.6 is 22.7 Å². The summed E-state index contributed by atoms with van der Waals surface area (Å²) in [5.74, 6) is 0. The fraction of sp³-hybridized carbons (Fsp3) is 0. The molecule has 0 N–H and O–H groups in total. The van der Waals surface area contributed by atoms with E-state index in [1.807, 2.05) is 22.7 Å². The minimum absolute atomic E-state index is 1.11. The Hall–Kier alpha value is -6.52. The lowest BCUT2D eigenvalue weighted by Crippen LogP contribution is -2.11. The number of nitrogens with zero attached hydrogens (tertiary/aromatic N) is 1. The highest BCUT2D eigenvalue weighted by Gasteiger charge is 2.21. The van der Waals surface area contributed by atoms with Gasteiger partial charge in [-0.3, -0.25) is 0 Å². The maximum Gasteiger partial charge on any atom is 0.0546 e. The van der Waals surface area contributed by atoms with Crippen molar-refractivity contribution in [1.29, 1.82) is 0 Å². The molecule has 0 amide bonds. The third kappa shape index (κ3) is 5.43. The molecule has 55 heavy (non-hydrogen) atoms. The topological polar surface area (TPSA) is 3.24 Å². The molecule has 9 aromatic carbocycles. The molecule has 11 aromatic rings. The van der Waals surface area contributed by atoms with Gasteiger partial charge in [-0.05, 0) is 87.1 Å². The first kappa shape index (κ1) is 32.0. The Bertz CT molecular complexity index is 3220. The summed E-state index contributed by atoms with van der Waals surface area (Å²) in [4.78, 5) is 2.48. The fourth-order valence-electron chi connectivity index (χ4n) is 8.29. The normalized spacial score (nSPS) is 11.6. The maximum absolute atomic E-state index is 2.48. The Morgan fingerprint density at radius 2 is 0.909 bits per heavy atom. The first-order valence-corrected chi connectivity index (χ1v) is 20.3. The van der Waals surface area contributed by atoms with Crippen LogP contribution in [0.3, 0.4) is 0 Å². The van der Waals surface area contributed by atoms with Crippen LogP contribution in [0.2, 0.25) is 0 Å². The van der Waals surface area contributed by atoms with E-state index in [0.29, 0.717) is 0 Å². The number of hydrogen-bond acceptors (Lipinski definition) is 3. The molecule has 11 rings (SSSR count). The summed E-state index contributed by atoms with van der Waals surface area (Å²) < 4.78 is 5.24. The first-order chi connectivity index (χ1) is 27.3. The van der Waals surface area contributed by atoms with Crippen LogP contribution < -0.4 is 4.90 Å². The number of hydrogen-bond donors (Lipinski definition) is 0. The van der Waals surface area contributed by atoms with Gasteiger partial charge in [0, 0.05) is 57.3 Å². The zero-order chi connectivity index (χ0) is 36.3. The van der Waals surface area contributed by atoms with E-state index >= 15 is 0 Å². The van der Waals surface area contributed by atoms with Crippen molar-refractivity contribution in [2.75, 3.05) is 4.90 Å². The average molecular weight is 736 g/mol. The molecule has 0 aliphatic carbocycles. The summed E-state index contributed by atoms with van der Waals surface area (Å²) in [6.07, 6.45) is 0. The lowest BCUT2D eigenvalue weighted by molar-refractivity contribution is 1.29. The molecule has 0 fully saturated rings. The van der Waals surface area contributed by atoms with Crippen molar-refractivity contribution in [3.63, 3.8) is 0 Å². The van der Waals surface area contributed by atoms with Crippen molar-refractivity contribution >= 4 is 90.9 Å². The number of fused-ring (bicyclic) bond motifs is 7. The monoisotopic (exact) mass is 735 g/mol. The van der Waals surface area contributed by atoms with Gasteiger partial charge in [-0.1, -0.05) is 152 Å². The van der Waals surface area contributed by atoms with E-state index in [2.05, 4.69) is 205 Å². The van der Waals surface area contributed by atoms with Crippen molar-refractivity contribution in [3.8, 4) is 33.4 Å². The predicted molar refractivity (Wildman–Crippen MR) is 241 cm³/mol. The molecule has 0 unspecified atom stereocenters. The third-order valence-electron chi connectivity index (χ3n) is 10.9. The summed E-state index contributed by atoms with van der Waals surface area (Å²) >= 11 is 3.74. The zero-order valence-corrected chi connectivity index (χ0v) is 31.4. The molecular weight excluding hydrogens is 703 g/mol. The van der Waals surface area contributed by atoms with Crippen molar-refractivity contribution in [3.05, 3.63) is 200 Å². The number of thiophene rings is 2. The molecular formula is C52H33NS2. The summed E-state index contributed by atoms with van der Waals surface area (Å²) in [5.41, 5.74) is 10.6. The third-order valence-corrected chi connectivity index (χ3v) is 13.2. The van der Waals surface area contributed by atoms with Gasteiger partial charge in [-0.2, -0.15) is 0 Å². The lowest BCUT2D eigenvalue weighted by atomic mass is 9.94.